The molecule has 5 heteroatoms. The summed E-state index contributed by atoms with van der Waals surface area (Å²) < 4.78 is 5.07. The van der Waals surface area contributed by atoms with Gasteiger partial charge < -0.3 is 9.53 Å². The molecule has 0 saturated carbocycles. The minimum Gasteiger partial charge on any atom is -0.466 e. The van der Waals surface area contributed by atoms with Crippen LogP contribution in [-0.4, -0.2) is 29.7 Å². The molecule has 0 heterocycles. The second kappa shape index (κ2) is 15.4. The molecule has 0 rings (SSSR count). The summed E-state index contributed by atoms with van der Waals surface area (Å²) in [7, 11) is 0. The van der Waals surface area contributed by atoms with Crippen LogP contribution in [0.25, 0.3) is 0 Å². The number of unbranched alkanes of at least 4 members (excludes halogenated alkanes) is 5. The third-order valence-electron chi connectivity index (χ3n) is 3.92. The van der Waals surface area contributed by atoms with Crippen LogP contribution in [-0.2, 0) is 19.1 Å². The molecule has 0 saturated heterocycles. The van der Waals surface area contributed by atoms with Crippen molar-refractivity contribution in [2.45, 2.75) is 65.2 Å². The average Bonchev–Trinajstić information content (AvgIpc) is 2.56. The molecule has 0 spiro atoms. The number of hydrogen-bond donors (Lipinski definition) is 0. The highest BCUT2D eigenvalue weighted by atomic mass is 32.2. The van der Waals surface area contributed by atoms with E-state index in [1.54, 1.807) is 6.92 Å². The highest BCUT2D eigenvalue weighted by Gasteiger charge is 2.31. The van der Waals surface area contributed by atoms with Crippen LogP contribution in [0.2, 0.25) is 0 Å². The highest BCUT2D eigenvalue weighted by Crippen LogP contribution is 2.25. The normalized spacial score (nSPS) is 13.1. The van der Waals surface area contributed by atoms with Gasteiger partial charge in [0.05, 0.1) is 12.5 Å². The first-order chi connectivity index (χ1) is 11.6. The molecule has 2 atom stereocenters. The van der Waals surface area contributed by atoms with Gasteiger partial charge in [0, 0.05) is 12.3 Å². The number of rotatable bonds is 15. The molecule has 138 valence electrons. The van der Waals surface area contributed by atoms with Gasteiger partial charge >= 0.3 is 5.97 Å². The fourth-order valence-corrected chi connectivity index (χ4v) is 3.24. The Morgan fingerprint density at radius 1 is 1.12 bits per heavy atom. The summed E-state index contributed by atoms with van der Waals surface area (Å²) in [6, 6.07) is 0. The van der Waals surface area contributed by atoms with E-state index in [1.807, 2.05) is 13.0 Å². The van der Waals surface area contributed by atoms with E-state index >= 15 is 0 Å². The summed E-state index contributed by atoms with van der Waals surface area (Å²) >= 11 is 1.19. The Kier molecular flexibility index (Phi) is 14.7. The van der Waals surface area contributed by atoms with Crippen molar-refractivity contribution in [2.24, 2.45) is 11.8 Å². The predicted octanol–water partition coefficient (Wildman–Crippen LogP) is 4.57. The number of hydrogen-bond acceptors (Lipinski definition) is 5. The van der Waals surface area contributed by atoms with Crippen molar-refractivity contribution >= 4 is 29.1 Å². The summed E-state index contributed by atoms with van der Waals surface area (Å²) in [6.07, 6.45) is 9.86. The van der Waals surface area contributed by atoms with Gasteiger partial charge in [-0.1, -0.05) is 50.4 Å². The fraction of sp³-hybridized carbons (Fsp3) is 0.737. The summed E-state index contributed by atoms with van der Waals surface area (Å²) in [6.45, 7) is 7.60. The number of esters is 1. The summed E-state index contributed by atoms with van der Waals surface area (Å²) in [4.78, 5) is 35.5. The van der Waals surface area contributed by atoms with Gasteiger partial charge in [0.1, 0.15) is 6.29 Å². The molecular weight excluding hydrogens is 324 g/mol. The Hall–Kier alpha value is -1.10. The molecule has 0 amide bonds. The number of thioether (sulfide) groups is 1. The highest BCUT2D eigenvalue weighted by molar-refractivity contribution is 8.13. The van der Waals surface area contributed by atoms with Crippen LogP contribution in [0.15, 0.2) is 12.7 Å². The zero-order valence-corrected chi connectivity index (χ0v) is 15.9. The lowest BCUT2D eigenvalue weighted by Gasteiger charge is -2.20. The zero-order valence-electron chi connectivity index (χ0n) is 15.1. The summed E-state index contributed by atoms with van der Waals surface area (Å²) in [5.41, 5.74) is 0. The third kappa shape index (κ3) is 10.6. The minimum absolute atomic E-state index is 0.0492. The lowest BCUT2D eigenvalue weighted by Crippen LogP contribution is -2.29. The number of carbonyl (C=O) groups is 3. The zero-order chi connectivity index (χ0) is 18.2. The average molecular weight is 357 g/mol. The van der Waals surface area contributed by atoms with Crippen LogP contribution in [0.4, 0.5) is 0 Å². The van der Waals surface area contributed by atoms with Crippen molar-refractivity contribution in [3.05, 3.63) is 12.7 Å². The second-order valence-electron chi connectivity index (χ2n) is 5.80. The molecule has 4 nitrogen and oxygen atoms in total. The van der Waals surface area contributed by atoms with E-state index < -0.39 is 17.8 Å². The van der Waals surface area contributed by atoms with Crippen molar-refractivity contribution in [2.75, 3.05) is 12.4 Å². The van der Waals surface area contributed by atoms with Crippen molar-refractivity contribution in [3.8, 4) is 0 Å². The molecule has 0 fully saturated rings. The quantitative estimate of drug-likeness (QED) is 0.186. The molecule has 0 N–H and O–H groups in total. The second-order valence-corrected chi connectivity index (χ2v) is 7.12. The summed E-state index contributed by atoms with van der Waals surface area (Å²) in [5.74, 6) is -0.829. The minimum atomic E-state index is -0.644. The Morgan fingerprint density at radius 2 is 1.79 bits per heavy atom. The van der Waals surface area contributed by atoms with Gasteiger partial charge in [-0.25, -0.2) is 0 Å². The molecule has 0 unspecified atom stereocenters. The smallest absolute Gasteiger partial charge is 0.310 e. The van der Waals surface area contributed by atoms with Crippen LogP contribution in [0.3, 0.4) is 0 Å². The molecule has 0 aliphatic rings. The first kappa shape index (κ1) is 22.9. The largest absolute Gasteiger partial charge is 0.466 e. The fourth-order valence-electron chi connectivity index (χ4n) is 2.62. The van der Waals surface area contributed by atoms with Crippen molar-refractivity contribution in [1.29, 1.82) is 0 Å². The Labute approximate surface area is 150 Å². The Balaban J connectivity index is 4.46. The maximum atomic E-state index is 12.1. The van der Waals surface area contributed by atoms with Gasteiger partial charge in [0.2, 0.25) is 0 Å². The molecule has 24 heavy (non-hydrogen) atoms. The van der Waals surface area contributed by atoms with Gasteiger partial charge in [-0.3, -0.25) is 9.59 Å². The first-order valence-electron chi connectivity index (χ1n) is 8.99. The van der Waals surface area contributed by atoms with Gasteiger partial charge in [-0.15, -0.1) is 6.58 Å². The SMILES string of the molecule is C=CCCCCCCC[C@H](C=O)[C@@H](CC(=O)SCC)C(=O)OCC. The monoisotopic (exact) mass is 356 g/mol. The van der Waals surface area contributed by atoms with Crippen LogP contribution >= 0.6 is 11.8 Å². The van der Waals surface area contributed by atoms with E-state index in [-0.39, 0.29) is 18.1 Å². The van der Waals surface area contributed by atoms with Gasteiger partial charge in [0.25, 0.3) is 0 Å². The van der Waals surface area contributed by atoms with Crippen LogP contribution in [0, 0.1) is 11.8 Å². The van der Waals surface area contributed by atoms with Gasteiger partial charge in [-0.2, -0.15) is 0 Å². The molecule has 0 aromatic carbocycles. The van der Waals surface area contributed by atoms with Crippen LogP contribution in [0.1, 0.15) is 65.2 Å². The molecule has 0 aliphatic carbocycles. The van der Waals surface area contributed by atoms with E-state index in [0.29, 0.717) is 12.2 Å². The maximum absolute atomic E-state index is 12.1. The van der Waals surface area contributed by atoms with E-state index in [4.69, 9.17) is 4.74 Å². The maximum Gasteiger partial charge on any atom is 0.310 e. The van der Waals surface area contributed by atoms with Crippen molar-refractivity contribution in [1.82, 2.24) is 0 Å². The van der Waals surface area contributed by atoms with Gasteiger partial charge in [0.15, 0.2) is 5.12 Å². The molecule has 0 bridgehead atoms. The topological polar surface area (TPSA) is 60.4 Å². The lowest BCUT2D eigenvalue weighted by atomic mass is 9.86. The van der Waals surface area contributed by atoms with E-state index in [2.05, 4.69) is 6.58 Å². The van der Waals surface area contributed by atoms with E-state index in [1.165, 1.54) is 11.8 Å². The number of carbonyl (C=O) groups excluding carboxylic acids is 3. The standard InChI is InChI=1S/C19H32O4S/c1-4-7-8-9-10-11-12-13-16(15-20)17(19(22)23-5-2)14-18(21)24-6-3/h4,15-17H,1,5-14H2,2-3H3/t16-,17-/m1/s1. The predicted molar refractivity (Wildman–Crippen MR) is 99.9 cm³/mol. The van der Waals surface area contributed by atoms with Crippen molar-refractivity contribution < 1.29 is 19.1 Å². The van der Waals surface area contributed by atoms with E-state index in [9.17, 15) is 14.4 Å². The van der Waals surface area contributed by atoms with Gasteiger partial charge in [-0.05, 0) is 31.9 Å². The molecule has 0 aromatic rings. The van der Waals surface area contributed by atoms with Crippen LogP contribution < -0.4 is 0 Å². The first-order valence-corrected chi connectivity index (χ1v) is 9.97. The van der Waals surface area contributed by atoms with Crippen LogP contribution in [0.5, 0.6) is 0 Å². The molecular formula is C19H32O4S. The lowest BCUT2D eigenvalue weighted by molar-refractivity contribution is -0.152. The Morgan fingerprint density at radius 3 is 2.38 bits per heavy atom. The van der Waals surface area contributed by atoms with E-state index in [0.717, 1.165) is 44.8 Å². The molecule has 0 aromatic heterocycles. The third-order valence-corrected chi connectivity index (χ3v) is 4.70. The number of ether oxygens (including phenoxy) is 1. The number of aldehydes is 1. The molecule has 0 radical (unpaired) electrons. The van der Waals surface area contributed by atoms with Crippen molar-refractivity contribution in [3.63, 3.8) is 0 Å². The number of allylic oxidation sites excluding steroid dienone is 1. The summed E-state index contributed by atoms with van der Waals surface area (Å²) in [5, 5.41) is -0.0492. The molecule has 0 aliphatic heterocycles. The Bertz CT molecular complexity index is 382.